The minimum Gasteiger partial charge on any atom is -0.305 e. The van der Waals surface area contributed by atoms with Crippen LogP contribution in [0.1, 0.15) is 69.0 Å². The van der Waals surface area contributed by atoms with E-state index in [1.165, 1.54) is 34.8 Å². The summed E-state index contributed by atoms with van der Waals surface area (Å²) in [5.41, 5.74) is 1.38. The van der Waals surface area contributed by atoms with Crippen molar-refractivity contribution >= 4 is 11.3 Å². The van der Waals surface area contributed by atoms with Crippen molar-refractivity contribution in [2.24, 2.45) is 0 Å². The maximum Gasteiger partial charge on any atom is 0.113 e. The second kappa shape index (κ2) is 7.25. The average molecular weight is 268 g/mol. The molecule has 0 saturated carbocycles. The fourth-order valence-corrected chi connectivity index (χ4v) is 3.74. The Balaban J connectivity index is 3.05. The van der Waals surface area contributed by atoms with Gasteiger partial charge in [-0.25, -0.2) is 4.98 Å². The zero-order chi connectivity index (χ0) is 13.6. The van der Waals surface area contributed by atoms with Crippen LogP contribution in [0.5, 0.6) is 0 Å². The van der Waals surface area contributed by atoms with Crippen molar-refractivity contribution in [2.75, 3.05) is 6.54 Å². The van der Waals surface area contributed by atoms with E-state index in [4.69, 9.17) is 4.98 Å². The molecule has 0 radical (unpaired) electrons. The summed E-state index contributed by atoms with van der Waals surface area (Å²) < 4.78 is 0. The Morgan fingerprint density at radius 2 is 1.89 bits per heavy atom. The lowest BCUT2D eigenvalue weighted by Gasteiger charge is -2.32. The van der Waals surface area contributed by atoms with Crippen LogP contribution in [0.15, 0.2) is 0 Å². The second-order valence-electron chi connectivity index (χ2n) is 4.99. The molecule has 0 aliphatic heterocycles. The van der Waals surface area contributed by atoms with Crippen molar-refractivity contribution in [3.8, 4) is 0 Å². The SMILES string of the molecule is CCCNC(CC)(CCC)c1nc(CC)c(C)s1. The van der Waals surface area contributed by atoms with Gasteiger partial charge in [-0.15, -0.1) is 11.3 Å². The lowest BCUT2D eigenvalue weighted by atomic mass is 9.91. The fourth-order valence-electron chi connectivity index (χ4n) is 2.48. The Labute approximate surface area is 116 Å². The summed E-state index contributed by atoms with van der Waals surface area (Å²) in [6.45, 7) is 12.2. The van der Waals surface area contributed by atoms with Crippen molar-refractivity contribution in [3.63, 3.8) is 0 Å². The topological polar surface area (TPSA) is 24.9 Å². The summed E-state index contributed by atoms with van der Waals surface area (Å²) >= 11 is 1.89. The van der Waals surface area contributed by atoms with Crippen LogP contribution in [0.4, 0.5) is 0 Å². The summed E-state index contributed by atoms with van der Waals surface area (Å²) in [7, 11) is 0. The van der Waals surface area contributed by atoms with Crippen LogP contribution in [-0.4, -0.2) is 11.5 Å². The van der Waals surface area contributed by atoms with Crippen LogP contribution >= 0.6 is 11.3 Å². The molecule has 0 saturated heterocycles. The van der Waals surface area contributed by atoms with Gasteiger partial charge in [0, 0.05) is 4.88 Å². The molecule has 1 aromatic rings. The molecular formula is C15H28N2S. The first-order valence-corrected chi connectivity index (χ1v) is 8.16. The van der Waals surface area contributed by atoms with Gasteiger partial charge in [0.1, 0.15) is 5.01 Å². The molecule has 0 spiro atoms. The van der Waals surface area contributed by atoms with E-state index < -0.39 is 0 Å². The van der Waals surface area contributed by atoms with Gasteiger partial charge in [0.05, 0.1) is 11.2 Å². The molecule has 18 heavy (non-hydrogen) atoms. The van der Waals surface area contributed by atoms with Gasteiger partial charge in [0.25, 0.3) is 0 Å². The number of aromatic nitrogens is 1. The average Bonchev–Trinajstić information content (AvgIpc) is 2.76. The third-order valence-corrected chi connectivity index (χ3v) is 4.85. The Morgan fingerprint density at radius 3 is 2.33 bits per heavy atom. The lowest BCUT2D eigenvalue weighted by molar-refractivity contribution is 0.293. The van der Waals surface area contributed by atoms with Crippen molar-refractivity contribution in [1.29, 1.82) is 0 Å². The van der Waals surface area contributed by atoms with E-state index in [0.717, 1.165) is 19.4 Å². The maximum absolute atomic E-state index is 4.90. The molecule has 1 heterocycles. The minimum absolute atomic E-state index is 0.105. The molecule has 1 aromatic heterocycles. The Morgan fingerprint density at radius 1 is 1.17 bits per heavy atom. The summed E-state index contributed by atoms with van der Waals surface area (Å²) in [6.07, 6.45) is 5.72. The summed E-state index contributed by atoms with van der Waals surface area (Å²) in [6, 6.07) is 0. The number of rotatable bonds is 8. The molecule has 3 heteroatoms. The predicted molar refractivity (Wildman–Crippen MR) is 81.4 cm³/mol. The number of nitrogens with one attached hydrogen (secondary N) is 1. The number of nitrogens with zero attached hydrogens (tertiary/aromatic N) is 1. The molecule has 1 N–H and O–H groups in total. The monoisotopic (exact) mass is 268 g/mol. The van der Waals surface area contributed by atoms with Crippen molar-refractivity contribution in [2.45, 2.75) is 72.3 Å². The Hall–Kier alpha value is -0.410. The van der Waals surface area contributed by atoms with Crippen LogP contribution < -0.4 is 5.32 Å². The first-order chi connectivity index (χ1) is 8.63. The van der Waals surface area contributed by atoms with Gasteiger partial charge in [-0.1, -0.05) is 34.1 Å². The standard InChI is InChI=1S/C15H28N2S/c1-6-10-15(9-4,16-11-7-2)14-17-13(8-3)12(5)18-14/h16H,6-11H2,1-5H3. The molecular weight excluding hydrogens is 240 g/mol. The van der Waals surface area contributed by atoms with Gasteiger partial charge in [0.2, 0.25) is 0 Å². The largest absolute Gasteiger partial charge is 0.305 e. The molecule has 1 atom stereocenters. The van der Waals surface area contributed by atoms with Gasteiger partial charge in [-0.2, -0.15) is 0 Å². The Kier molecular flexibility index (Phi) is 6.30. The highest BCUT2D eigenvalue weighted by molar-refractivity contribution is 7.11. The summed E-state index contributed by atoms with van der Waals surface area (Å²) in [5, 5.41) is 5.06. The molecule has 0 aliphatic rings. The second-order valence-corrected chi connectivity index (χ2v) is 6.19. The van der Waals surface area contributed by atoms with E-state index in [1.807, 2.05) is 11.3 Å². The van der Waals surface area contributed by atoms with Crippen LogP contribution in [0.2, 0.25) is 0 Å². The van der Waals surface area contributed by atoms with Gasteiger partial charge in [0.15, 0.2) is 0 Å². The normalized spacial score (nSPS) is 14.7. The first-order valence-electron chi connectivity index (χ1n) is 7.35. The van der Waals surface area contributed by atoms with Gasteiger partial charge in [-0.05, 0) is 39.2 Å². The Bertz CT molecular complexity index is 359. The zero-order valence-electron chi connectivity index (χ0n) is 12.6. The number of thiazole rings is 1. The van der Waals surface area contributed by atoms with Crippen LogP contribution in [0.25, 0.3) is 0 Å². The molecule has 1 unspecified atom stereocenters. The lowest BCUT2D eigenvalue weighted by Crippen LogP contribution is -2.42. The molecule has 2 nitrogen and oxygen atoms in total. The number of aryl methyl sites for hydroxylation is 2. The smallest absolute Gasteiger partial charge is 0.113 e. The van der Waals surface area contributed by atoms with Crippen LogP contribution in [0.3, 0.4) is 0 Å². The summed E-state index contributed by atoms with van der Waals surface area (Å²) in [5.74, 6) is 0. The maximum atomic E-state index is 4.90. The van der Waals surface area contributed by atoms with E-state index in [9.17, 15) is 0 Å². The highest BCUT2D eigenvalue weighted by atomic mass is 32.1. The third-order valence-electron chi connectivity index (χ3n) is 3.63. The zero-order valence-corrected chi connectivity index (χ0v) is 13.4. The van der Waals surface area contributed by atoms with E-state index >= 15 is 0 Å². The van der Waals surface area contributed by atoms with Crippen molar-refractivity contribution in [1.82, 2.24) is 10.3 Å². The van der Waals surface area contributed by atoms with E-state index in [0.29, 0.717) is 0 Å². The number of hydrogen-bond donors (Lipinski definition) is 1. The molecule has 0 aromatic carbocycles. The molecule has 0 amide bonds. The van der Waals surface area contributed by atoms with E-state index in [1.54, 1.807) is 0 Å². The number of hydrogen-bond acceptors (Lipinski definition) is 3. The highest BCUT2D eigenvalue weighted by Gasteiger charge is 2.32. The van der Waals surface area contributed by atoms with Gasteiger partial charge >= 0.3 is 0 Å². The predicted octanol–water partition coefficient (Wildman–Crippen LogP) is 4.42. The molecule has 1 rings (SSSR count). The van der Waals surface area contributed by atoms with E-state index in [-0.39, 0.29) is 5.54 Å². The van der Waals surface area contributed by atoms with E-state index in [2.05, 4.69) is 39.9 Å². The summed E-state index contributed by atoms with van der Waals surface area (Å²) in [4.78, 5) is 6.29. The molecule has 0 aliphatic carbocycles. The quantitative estimate of drug-likeness (QED) is 0.755. The molecule has 0 bridgehead atoms. The minimum atomic E-state index is 0.105. The van der Waals surface area contributed by atoms with Gasteiger partial charge in [-0.3, -0.25) is 0 Å². The van der Waals surface area contributed by atoms with Crippen LogP contribution in [-0.2, 0) is 12.0 Å². The molecule has 0 fully saturated rings. The third kappa shape index (κ3) is 3.33. The van der Waals surface area contributed by atoms with Gasteiger partial charge < -0.3 is 5.32 Å². The van der Waals surface area contributed by atoms with Crippen molar-refractivity contribution in [3.05, 3.63) is 15.6 Å². The fraction of sp³-hybridized carbons (Fsp3) is 0.800. The first kappa shape index (κ1) is 15.6. The van der Waals surface area contributed by atoms with Crippen LogP contribution in [0, 0.1) is 6.92 Å². The highest BCUT2D eigenvalue weighted by Crippen LogP contribution is 2.34. The van der Waals surface area contributed by atoms with Crippen molar-refractivity contribution < 1.29 is 0 Å². The molecule has 104 valence electrons.